The normalized spacial score (nSPS) is 22.6. The van der Waals surface area contributed by atoms with Gasteiger partial charge in [-0.3, -0.25) is 4.57 Å². The molecule has 2 saturated carbocycles. The molecule has 82 valence electrons. The van der Waals surface area contributed by atoms with Crippen LogP contribution in [-0.4, -0.2) is 30.1 Å². The molecule has 2 fully saturated rings. The van der Waals surface area contributed by atoms with E-state index >= 15 is 0 Å². The molecule has 0 aromatic heterocycles. The summed E-state index contributed by atoms with van der Waals surface area (Å²) in [5.41, 5.74) is 0. The minimum Gasteiger partial charge on any atom is -0.396 e. The summed E-state index contributed by atoms with van der Waals surface area (Å²) in [6.45, 7) is 0.0477. The summed E-state index contributed by atoms with van der Waals surface area (Å²) in [5.74, 6) is 0. The van der Waals surface area contributed by atoms with Crippen LogP contribution in [0.3, 0.4) is 0 Å². The van der Waals surface area contributed by atoms with Crippen molar-refractivity contribution in [2.75, 3.05) is 12.8 Å². The fourth-order valence-electron chi connectivity index (χ4n) is 1.20. The van der Waals surface area contributed by atoms with E-state index in [4.69, 9.17) is 14.2 Å². The lowest BCUT2D eigenvalue weighted by atomic mass is 10.5. The Morgan fingerprint density at radius 3 is 2.00 bits per heavy atom. The van der Waals surface area contributed by atoms with Crippen LogP contribution in [0.25, 0.3) is 0 Å². The van der Waals surface area contributed by atoms with Gasteiger partial charge >= 0.3 is 7.60 Å². The molecular formula is C9H17O4P. The third-order valence-electron chi connectivity index (χ3n) is 2.26. The van der Waals surface area contributed by atoms with E-state index in [1.165, 1.54) is 0 Å². The molecule has 2 aliphatic rings. The van der Waals surface area contributed by atoms with Crippen molar-refractivity contribution >= 4 is 7.60 Å². The van der Waals surface area contributed by atoms with Crippen molar-refractivity contribution in [2.45, 2.75) is 44.3 Å². The quantitative estimate of drug-likeness (QED) is 0.666. The minimum absolute atomic E-state index is 0.0477. The molecule has 0 amide bonds. The third-order valence-corrected chi connectivity index (χ3v) is 4.36. The lowest BCUT2D eigenvalue weighted by Gasteiger charge is -2.17. The van der Waals surface area contributed by atoms with Gasteiger partial charge < -0.3 is 14.2 Å². The van der Waals surface area contributed by atoms with Crippen LogP contribution < -0.4 is 0 Å². The Morgan fingerprint density at radius 2 is 1.64 bits per heavy atom. The Bertz CT molecular complexity index is 217. The van der Waals surface area contributed by atoms with Crippen LogP contribution in [0.2, 0.25) is 0 Å². The summed E-state index contributed by atoms with van der Waals surface area (Å²) in [7, 11) is -2.88. The van der Waals surface area contributed by atoms with E-state index in [-0.39, 0.29) is 18.8 Å². The zero-order chi connectivity index (χ0) is 10.0. The van der Waals surface area contributed by atoms with Crippen LogP contribution in [0.15, 0.2) is 0 Å². The Kier molecular flexibility index (Phi) is 3.27. The first kappa shape index (κ1) is 10.6. The summed E-state index contributed by atoms with van der Waals surface area (Å²) in [4.78, 5) is 0. The molecule has 0 saturated heterocycles. The van der Waals surface area contributed by atoms with E-state index in [0.29, 0.717) is 12.6 Å². The fourth-order valence-corrected chi connectivity index (χ4v) is 3.32. The van der Waals surface area contributed by atoms with Crippen molar-refractivity contribution < 1.29 is 18.7 Å². The van der Waals surface area contributed by atoms with Gasteiger partial charge in [-0.25, -0.2) is 0 Å². The maximum Gasteiger partial charge on any atom is 0.331 e. The molecule has 14 heavy (non-hydrogen) atoms. The monoisotopic (exact) mass is 220 g/mol. The van der Waals surface area contributed by atoms with E-state index in [1.807, 2.05) is 0 Å². The molecule has 4 nitrogen and oxygen atoms in total. The largest absolute Gasteiger partial charge is 0.396 e. The first-order valence-corrected chi connectivity index (χ1v) is 7.01. The predicted octanol–water partition coefficient (Wildman–Crippen LogP) is 1.92. The highest BCUT2D eigenvalue weighted by molar-refractivity contribution is 7.53. The van der Waals surface area contributed by atoms with Crippen LogP contribution in [0.1, 0.15) is 32.1 Å². The third kappa shape index (κ3) is 3.35. The number of hydrogen-bond donors (Lipinski definition) is 1. The maximum atomic E-state index is 12.1. The fraction of sp³-hybridized carbons (Fsp3) is 1.00. The Morgan fingerprint density at radius 1 is 1.14 bits per heavy atom. The zero-order valence-corrected chi connectivity index (χ0v) is 9.12. The predicted molar refractivity (Wildman–Crippen MR) is 52.4 cm³/mol. The highest BCUT2D eigenvalue weighted by Gasteiger charge is 2.38. The molecular weight excluding hydrogens is 203 g/mol. The minimum atomic E-state index is -2.88. The first-order chi connectivity index (χ1) is 6.72. The molecule has 2 aliphatic carbocycles. The molecule has 0 aromatic rings. The van der Waals surface area contributed by atoms with Gasteiger partial charge in [0, 0.05) is 6.61 Å². The zero-order valence-electron chi connectivity index (χ0n) is 8.22. The summed E-state index contributed by atoms with van der Waals surface area (Å²) in [6.07, 6.45) is 5.15. The van der Waals surface area contributed by atoms with Gasteiger partial charge in [-0.15, -0.1) is 0 Å². The van der Waals surface area contributed by atoms with Gasteiger partial charge in [-0.2, -0.15) is 0 Å². The van der Waals surface area contributed by atoms with Crippen molar-refractivity contribution in [3.05, 3.63) is 0 Å². The van der Waals surface area contributed by atoms with Crippen molar-refractivity contribution in [3.63, 3.8) is 0 Å². The van der Waals surface area contributed by atoms with Crippen LogP contribution in [-0.2, 0) is 13.6 Å². The number of aliphatic hydroxyl groups excluding tert-OH is 1. The molecule has 0 aromatic carbocycles. The standard InChI is InChI=1S/C9H17O4P/c10-6-1-7-14(11,12-8-2-3-8)13-9-4-5-9/h8-10H,1-7H2. The molecule has 0 unspecified atom stereocenters. The van der Waals surface area contributed by atoms with Crippen molar-refractivity contribution in [2.24, 2.45) is 0 Å². The highest BCUT2D eigenvalue weighted by atomic mass is 31.2. The number of rotatable bonds is 7. The second-order valence-electron chi connectivity index (χ2n) is 4.02. The highest BCUT2D eigenvalue weighted by Crippen LogP contribution is 2.56. The molecule has 0 aliphatic heterocycles. The summed E-state index contributed by atoms with van der Waals surface area (Å²) in [5, 5.41) is 8.70. The molecule has 0 atom stereocenters. The van der Waals surface area contributed by atoms with Gasteiger partial charge in [0.05, 0.1) is 18.4 Å². The van der Waals surface area contributed by atoms with Crippen molar-refractivity contribution in [1.82, 2.24) is 0 Å². The lowest BCUT2D eigenvalue weighted by molar-refractivity contribution is 0.186. The van der Waals surface area contributed by atoms with E-state index < -0.39 is 7.60 Å². The first-order valence-electron chi connectivity index (χ1n) is 5.28. The van der Waals surface area contributed by atoms with E-state index in [9.17, 15) is 4.57 Å². The Hall–Kier alpha value is 0.110. The SMILES string of the molecule is O=P(CCCO)(OC1CC1)OC1CC1. The van der Waals surface area contributed by atoms with E-state index in [1.54, 1.807) is 0 Å². The van der Waals surface area contributed by atoms with E-state index in [2.05, 4.69) is 0 Å². The average molecular weight is 220 g/mol. The molecule has 0 radical (unpaired) electrons. The van der Waals surface area contributed by atoms with Crippen molar-refractivity contribution in [1.29, 1.82) is 0 Å². The molecule has 5 heteroatoms. The molecule has 0 bridgehead atoms. The molecule has 2 rings (SSSR count). The van der Waals surface area contributed by atoms with Gasteiger partial charge in [0.1, 0.15) is 0 Å². The van der Waals surface area contributed by atoms with Gasteiger partial charge in [0.15, 0.2) is 0 Å². The van der Waals surface area contributed by atoms with Gasteiger partial charge in [0.2, 0.25) is 0 Å². The maximum absolute atomic E-state index is 12.1. The second-order valence-corrected chi connectivity index (χ2v) is 6.11. The lowest BCUT2D eigenvalue weighted by Crippen LogP contribution is -2.04. The van der Waals surface area contributed by atoms with Gasteiger partial charge in [0.25, 0.3) is 0 Å². The van der Waals surface area contributed by atoms with Crippen LogP contribution >= 0.6 is 7.60 Å². The summed E-state index contributed by atoms with van der Waals surface area (Å²) < 4.78 is 23.0. The number of aliphatic hydroxyl groups is 1. The van der Waals surface area contributed by atoms with Crippen LogP contribution in [0, 0.1) is 0 Å². The molecule has 0 spiro atoms. The van der Waals surface area contributed by atoms with Crippen molar-refractivity contribution in [3.8, 4) is 0 Å². The Labute approximate surface area is 84.1 Å². The smallest absolute Gasteiger partial charge is 0.331 e. The number of hydrogen-bond acceptors (Lipinski definition) is 4. The summed E-state index contributed by atoms with van der Waals surface area (Å²) >= 11 is 0. The van der Waals surface area contributed by atoms with Crippen LogP contribution in [0.4, 0.5) is 0 Å². The molecule has 1 N–H and O–H groups in total. The van der Waals surface area contributed by atoms with Gasteiger partial charge in [-0.1, -0.05) is 0 Å². The second kappa shape index (κ2) is 4.31. The molecule has 0 heterocycles. The summed E-state index contributed by atoms with van der Waals surface area (Å²) in [6, 6.07) is 0. The average Bonchev–Trinajstić information content (AvgIpc) is 2.98. The topological polar surface area (TPSA) is 55.8 Å². The van der Waals surface area contributed by atoms with E-state index in [0.717, 1.165) is 25.7 Å². The van der Waals surface area contributed by atoms with Gasteiger partial charge in [-0.05, 0) is 32.1 Å². The Balaban J connectivity index is 1.83. The van der Waals surface area contributed by atoms with Crippen LogP contribution in [0.5, 0.6) is 0 Å².